The van der Waals surface area contributed by atoms with Crippen LogP contribution in [-0.2, 0) is 16.1 Å². The van der Waals surface area contributed by atoms with Gasteiger partial charge in [-0.3, -0.25) is 4.79 Å². The van der Waals surface area contributed by atoms with Crippen molar-refractivity contribution in [3.63, 3.8) is 0 Å². The molecule has 0 aliphatic carbocycles. The Morgan fingerprint density at radius 3 is 2.41 bits per heavy atom. The van der Waals surface area contributed by atoms with E-state index in [0.717, 1.165) is 11.3 Å². The summed E-state index contributed by atoms with van der Waals surface area (Å²) in [4.78, 5) is 25.2. The molecule has 9 heteroatoms. The van der Waals surface area contributed by atoms with Crippen LogP contribution in [-0.4, -0.2) is 37.3 Å². The molecule has 1 amide bonds. The van der Waals surface area contributed by atoms with Gasteiger partial charge < -0.3 is 24.1 Å². The van der Waals surface area contributed by atoms with E-state index in [1.54, 1.807) is 35.8 Å². The van der Waals surface area contributed by atoms with Crippen LogP contribution in [0.5, 0.6) is 11.5 Å². The van der Waals surface area contributed by atoms with Gasteiger partial charge in [0.25, 0.3) is 5.91 Å². The fourth-order valence-electron chi connectivity index (χ4n) is 3.53. The summed E-state index contributed by atoms with van der Waals surface area (Å²) in [6.07, 6.45) is 0. The standard InChI is InChI=1S/C25H24FN3O5/c1-15-16(2)29(13-17-8-10-18(26)11-9-17)24(20(15)12-27)28-22(30)14-34-25(31)19-6-5-7-21(32-3)23(19)33-4/h5-11H,13-14H2,1-4H3,(H,28,30). The molecule has 0 saturated heterocycles. The van der Waals surface area contributed by atoms with Crippen LogP contribution in [0, 0.1) is 31.0 Å². The second kappa shape index (κ2) is 10.5. The minimum absolute atomic E-state index is 0.110. The van der Waals surface area contributed by atoms with Gasteiger partial charge in [-0.15, -0.1) is 0 Å². The number of hydrogen-bond acceptors (Lipinski definition) is 6. The number of halogens is 1. The average molecular weight is 465 g/mol. The Kier molecular flexibility index (Phi) is 7.53. The van der Waals surface area contributed by atoms with Gasteiger partial charge in [-0.2, -0.15) is 5.26 Å². The van der Waals surface area contributed by atoms with Crippen molar-refractivity contribution < 1.29 is 28.2 Å². The molecule has 0 aliphatic rings. The van der Waals surface area contributed by atoms with Crippen LogP contribution in [0.3, 0.4) is 0 Å². The maximum atomic E-state index is 13.3. The SMILES string of the molecule is COc1cccc(C(=O)OCC(=O)Nc2c(C#N)c(C)c(C)n2Cc2ccc(F)cc2)c1OC. The monoisotopic (exact) mass is 465 g/mol. The molecule has 0 bridgehead atoms. The number of ether oxygens (including phenoxy) is 3. The first-order valence-corrected chi connectivity index (χ1v) is 10.3. The summed E-state index contributed by atoms with van der Waals surface area (Å²) in [5.41, 5.74) is 2.68. The minimum Gasteiger partial charge on any atom is -0.493 e. The van der Waals surface area contributed by atoms with E-state index in [2.05, 4.69) is 11.4 Å². The zero-order valence-corrected chi connectivity index (χ0v) is 19.3. The molecule has 0 saturated carbocycles. The highest BCUT2D eigenvalue weighted by Gasteiger charge is 2.22. The van der Waals surface area contributed by atoms with E-state index < -0.39 is 18.5 Å². The summed E-state index contributed by atoms with van der Waals surface area (Å²) >= 11 is 0. The molecule has 1 heterocycles. The lowest BCUT2D eigenvalue weighted by Gasteiger charge is -2.14. The number of para-hydroxylation sites is 1. The van der Waals surface area contributed by atoms with Gasteiger partial charge in [-0.1, -0.05) is 18.2 Å². The van der Waals surface area contributed by atoms with Crippen LogP contribution in [0.25, 0.3) is 0 Å². The quantitative estimate of drug-likeness (QED) is 0.505. The molecular weight excluding hydrogens is 441 g/mol. The number of carbonyl (C=O) groups is 2. The topological polar surface area (TPSA) is 103 Å². The number of methoxy groups -OCH3 is 2. The number of rotatable bonds is 8. The zero-order valence-electron chi connectivity index (χ0n) is 19.3. The number of anilines is 1. The molecule has 2 aromatic carbocycles. The van der Waals surface area contributed by atoms with Gasteiger partial charge in [0.1, 0.15) is 23.3 Å². The highest BCUT2D eigenvalue weighted by molar-refractivity contribution is 5.97. The van der Waals surface area contributed by atoms with E-state index in [-0.39, 0.29) is 22.9 Å². The van der Waals surface area contributed by atoms with E-state index in [0.29, 0.717) is 23.4 Å². The number of esters is 1. The number of nitrogens with one attached hydrogen (secondary N) is 1. The molecule has 0 aliphatic heterocycles. The molecule has 0 spiro atoms. The third-order valence-corrected chi connectivity index (χ3v) is 5.41. The van der Waals surface area contributed by atoms with Crippen LogP contribution in [0.1, 0.15) is 32.7 Å². The summed E-state index contributed by atoms with van der Waals surface area (Å²) in [6, 6.07) is 12.8. The number of nitriles is 1. The number of amides is 1. The van der Waals surface area contributed by atoms with Crippen molar-refractivity contribution in [3.05, 3.63) is 76.2 Å². The third-order valence-electron chi connectivity index (χ3n) is 5.41. The van der Waals surface area contributed by atoms with Crippen molar-refractivity contribution >= 4 is 17.7 Å². The van der Waals surface area contributed by atoms with Crippen LogP contribution in [0.4, 0.5) is 10.2 Å². The first kappa shape index (κ1) is 24.3. The molecule has 176 valence electrons. The van der Waals surface area contributed by atoms with Crippen molar-refractivity contribution in [3.8, 4) is 17.6 Å². The summed E-state index contributed by atoms with van der Waals surface area (Å²) in [7, 11) is 2.84. The second-order valence-electron chi connectivity index (χ2n) is 7.42. The summed E-state index contributed by atoms with van der Waals surface area (Å²) in [5, 5.41) is 12.3. The molecule has 3 rings (SSSR count). The molecule has 0 radical (unpaired) electrons. The van der Waals surface area contributed by atoms with Crippen LogP contribution in [0.15, 0.2) is 42.5 Å². The fraction of sp³-hybridized carbons (Fsp3) is 0.240. The summed E-state index contributed by atoms with van der Waals surface area (Å²) in [6.45, 7) is 3.33. The Balaban J connectivity index is 1.78. The van der Waals surface area contributed by atoms with E-state index in [1.807, 2.05) is 6.92 Å². The van der Waals surface area contributed by atoms with E-state index in [1.165, 1.54) is 32.4 Å². The van der Waals surface area contributed by atoms with Crippen molar-refractivity contribution in [1.82, 2.24) is 4.57 Å². The van der Waals surface area contributed by atoms with E-state index in [9.17, 15) is 19.2 Å². The van der Waals surface area contributed by atoms with Crippen molar-refractivity contribution in [2.45, 2.75) is 20.4 Å². The van der Waals surface area contributed by atoms with Crippen LogP contribution in [0.2, 0.25) is 0 Å². The first-order valence-electron chi connectivity index (χ1n) is 10.3. The number of hydrogen-bond donors (Lipinski definition) is 1. The predicted octanol–water partition coefficient (Wildman–Crippen LogP) is 3.98. The second-order valence-corrected chi connectivity index (χ2v) is 7.42. The number of nitrogens with zero attached hydrogens (tertiary/aromatic N) is 2. The highest BCUT2D eigenvalue weighted by Crippen LogP contribution is 2.31. The molecule has 1 aromatic heterocycles. The zero-order chi connectivity index (χ0) is 24.8. The van der Waals surface area contributed by atoms with Crippen LogP contribution < -0.4 is 14.8 Å². The van der Waals surface area contributed by atoms with Gasteiger partial charge in [0.15, 0.2) is 18.1 Å². The minimum atomic E-state index is -0.763. The Morgan fingerprint density at radius 1 is 1.09 bits per heavy atom. The molecule has 0 unspecified atom stereocenters. The molecular formula is C25H24FN3O5. The third kappa shape index (κ3) is 5.02. The van der Waals surface area contributed by atoms with Gasteiger partial charge in [-0.25, -0.2) is 9.18 Å². The lowest BCUT2D eigenvalue weighted by molar-refractivity contribution is -0.119. The number of benzene rings is 2. The van der Waals surface area contributed by atoms with Gasteiger partial charge in [0.2, 0.25) is 0 Å². The Bertz CT molecular complexity index is 1260. The highest BCUT2D eigenvalue weighted by atomic mass is 19.1. The molecule has 1 N–H and O–H groups in total. The molecule has 3 aromatic rings. The summed E-state index contributed by atoms with van der Waals surface area (Å²) in [5.74, 6) is -0.914. The van der Waals surface area contributed by atoms with E-state index in [4.69, 9.17) is 14.2 Å². The van der Waals surface area contributed by atoms with Gasteiger partial charge in [0.05, 0.1) is 19.8 Å². The Morgan fingerprint density at radius 2 is 1.79 bits per heavy atom. The Labute approximate surface area is 196 Å². The van der Waals surface area contributed by atoms with Crippen molar-refractivity contribution in [1.29, 1.82) is 5.26 Å². The fourth-order valence-corrected chi connectivity index (χ4v) is 3.53. The van der Waals surface area contributed by atoms with Gasteiger partial charge in [0, 0.05) is 12.2 Å². The normalized spacial score (nSPS) is 10.4. The van der Waals surface area contributed by atoms with E-state index >= 15 is 0 Å². The maximum Gasteiger partial charge on any atom is 0.342 e. The lowest BCUT2D eigenvalue weighted by atomic mass is 10.2. The maximum absolute atomic E-state index is 13.3. The number of carbonyl (C=O) groups excluding carboxylic acids is 2. The number of aromatic nitrogens is 1. The molecule has 0 atom stereocenters. The lowest BCUT2D eigenvalue weighted by Crippen LogP contribution is -2.23. The van der Waals surface area contributed by atoms with Crippen molar-refractivity contribution in [2.75, 3.05) is 26.1 Å². The van der Waals surface area contributed by atoms with Crippen molar-refractivity contribution in [2.24, 2.45) is 0 Å². The molecule has 34 heavy (non-hydrogen) atoms. The molecule has 0 fully saturated rings. The van der Waals surface area contributed by atoms with Gasteiger partial charge in [-0.05, 0) is 49.2 Å². The first-order chi connectivity index (χ1) is 16.3. The Hall–Kier alpha value is -4.32. The largest absolute Gasteiger partial charge is 0.493 e. The van der Waals surface area contributed by atoms with Gasteiger partial charge >= 0.3 is 5.97 Å². The summed E-state index contributed by atoms with van der Waals surface area (Å²) < 4.78 is 30.6. The predicted molar refractivity (Wildman–Crippen MR) is 123 cm³/mol. The molecule has 8 nitrogen and oxygen atoms in total. The van der Waals surface area contributed by atoms with Crippen LogP contribution >= 0.6 is 0 Å². The average Bonchev–Trinajstić information content (AvgIpc) is 3.06. The smallest absolute Gasteiger partial charge is 0.342 e.